The molecule has 1 unspecified atom stereocenters. The zero-order valence-corrected chi connectivity index (χ0v) is 15.4. The second-order valence-electron chi connectivity index (χ2n) is 7.18. The molecule has 4 amide bonds. The van der Waals surface area contributed by atoms with Crippen LogP contribution in [0.4, 0.5) is 4.79 Å². The Bertz CT molecular complexity index is 742. The van der Waals surface area contributed by atoms with Crippen molar-refractivity contribution in [1.29, 1.82) is 0 Å². The van der Waals surface area contributed by atoms with Gasteiger partial charge in [0.25, 0.3) is 5.91 Å². The first kappa shape index (κ1) is 18.2. The molecule has 1 aliphatic heterocycles. The Morgan fingerprint density at radius 1 is 1.35 bits per heavy atom. The lowest BCUT2D eigenvalue weighted by Crippen LogP contribution is -2.45. The zero-order valence-electron chi connectivity index (χ0n) is 15.4. The summed E-state index contributed by atoms with van der Waals surface area (Å²) in [6.45, 7) is 3.27. The number of hydrogen-bond donors (Lipinski definition) is 2. The van der Waals surface area contributed by atoms with Gasteiger partial charge in [0.05, 0.1) is 7.11 Å². The van der Waals surface area contributed by atoms with Gasteiger partial charge >= 0.3 is 6.03 Å². The monoisotopic (exact) mass is 359 g/mol. The van der Waals surface area contributed by atoms with Crippen LogP contribution in [-0.4, -0.2) is 42.4 Å². The quantitative estimate of drug-likeness (QED) is 0.785. The second kappa shape index (κ2) is 6.97. The number of nitrogens with zero attached hydrogens (tertiary/aromatic N) is 1. The van der Waals surface area contributed by atoms with Crippen molar-refractivity contribution in [3.05, 3.63) is 29.3 Å². The number of hydrogen-bond acceptors (Lipinski definition) is 4. The van der Waals surface area contributed by atoms with Gasteiger partial charge in [-0.15, -0.1) is 0 Å². The van der Waals surface area contributed by atoms with E-state index in [1.165, 1.54) is 0 Å². The molecule has 1 aliphatic carbocycles. The van der Waals surface area contributed by atoms with Crippen molar-refractivity contribution in [1.82, 2.24) is 15.5 Å². The molecule has 2 fully saturated rings. The molecule has 7 heteroatoms. The number of imide groups is 1. The molecule has 0 spiro atoms. The van der Waals surface area contributed by atoms with Gasteiger partial charge in [0.15, 0.2) is 0 Å². The molecule has 3 rings (SSSR count). The fourth-order valence-corrected chi connectivity index (χ4v) is 3.71. The van der Waals surface area contributed by atoms with Gasteiger partial charge in [0, 0.05) is 6.04 Å². The highest BCUT2D eigenvalue weighted by atomic mass is 16.5. The molecule has 1 aromatic rings. The summed E-state index contributed by atoms with van der Waals surface area (Å²) in [6, 6.07) is 4.95. The summed E-state index contributed by atoms with van der Waals surface area (Å²) < 4.78 is 5.24. The third kappa shape index (κ3) is 3.25. The van der Waals surface area contributed by atoms with E-state index in [9.17, 15) is 14.4 Å². The standard InChI is InChI=1S/C19H25N3O4/c1-12-10-13(8-9-15(12)26-3)19(2)17(24)22(18(25)21-19)11-16(23)20-14-6-4-5-7-14/h8-10,14H,4-7,11H2,1-3H3,(H,20,23)(H,21,25). The van der Waals surface area contributed by atoms with Crippen molar-refractivity contribution in [3.63, 3.8) is 0 Å². The van der Waals surface area contributed by atoms with Gasteiger partial charge in [-0.2, -0.15) is 0 Å². The molecule has 26 heavy (non-hydrogen) atoms. The minimum Gasteiger partial charge on any atom is -0.496 e. The Morgan fingerprint density at radius 2 is 2.04 bits per heavy atom. The first-order chi connectivity index (χ1) is 12.3. The minimum absolute atomic E-state index is 0.152. The van der Waals surface area contributed by atoms with Gasteiger partial charge in [0.1, 0.15) is 17.8 Å². The van der Waals surface area contributed by atoms with Gasteiger partial charge in [-0.25, -0.2) is 4.79 Å². The van der Waals surface area contributed by atoms with Crippen molar-refractivity contribution < 1.29 is 19.1 Å². The van der Waals surface area contributed by atoms with E-state index in [1.807, 2.05) is 13.0 Å². The molecule has 0 bridgehead atoms. The van der Waals surface area contributed by atoms with Crippen LogP contribution in [0.25, 0.3) is 0 Å². The van der Waals surface area contributed by atoms with E-state index in [-0.39, 0.29) is 18.5 Å². The number of urea groups is 1. The van der Waals surface area contributed by atoms with E-state index in [0.717, 1.165) is 36.1 Å². The van der Waals surface area contributed by atoms with Crippen LogP contribution in [0.2, 0.25) is 0 Å². The van der Waals surface area contributed by atoms with Crippen LogP contribution in [0.5, 0.6) is 5.75 Å². The molecular formula is C19H25N3O4. The van der Waals surface area contributed by atoms with E-state index < -0.39 is 17.5 Å². The summed E-state index contributed by atoms with van der Waals surface area (Å²) >= 11 is 0. The van der Waals surface area contributed by atoms with Crippen molar-refractivity contribution in [2.45, 2.75) is 51.1 Å². The van der Waals surface area contributed by atoms with E-state index in [0.29, 0.717) is 11.3 Å². The lowest BCUT2D eigenvalue weighted by atomic mass is 9.90. The number of amides is 4. The van der Waals surface area contributed by atoms with Crippen molar-refractivity contribution in [2.75, 3.05) is 13.7 Å². The fourth-order valence-electron chi connectivity index (χ4n) is 3.71. The van der Waals surface area contributed by atoms with Crippen LogP contribution in [-0.2, 0) is 15.1 Å². The molecule has 2 N–H and O–H groups in total. The average molecular weight is 359 g/mol. The Kier molecular flexibility index (Phi) is 4.89. The largest absolute Gasteiger partial charge is 0.496 e. The van der Waals surface area contributed by atoms with Crippen molar-refractivity contribution >= 4 is 17.8 Å². The Hall–Kier alpha value is -2.57. The van der Waals surface area contributed by atoms with Crippen LogP contribution >= 0.6 is 0 Å². The maximum absolute atomic E-state index is 12.9. The first-order valence-corrected chi connectivity index (χ1v) is 8.93. The smallest absolute Gasteiger partial charge is 0.325 e. The van der Waals surface area contributed by atoms with Gasteiger partial charge in [-0.05, 0) is 49.9 Å². The number of nitrogens with one attached hydrogen (secondary N) is 2. The van der Waals surface area contributed by atoms with E-state index in [1.54, 1.807) is 26.2 Å². The average Bonchev–Trinajstić information content (AvgIpc) is 3.18. The predicted molar refractivity (Wildman–Crippen MR) is 95.7 cm³/mol. The van der Waals surface area contributed by atoms with Crippen LogP contribution < -0.4 is 15.4 Å². The van der Waals surface area contributed by atoms with Gasteiger partial charge < -0.3 is 15.4 Å². The van der Waals surface area contributed by atoms with Gasteiger partial charge in [0.2, 0.25) is 5.91 Å². The summed E-state index contributed by atoms with van der Waals surface area (Å²) in [4.78, 5) is 38.5. The summed E-state index contributed by atoms with van der Waals surface area (Å²) in [7, 11) is 1.58. The number of rotatable bonds is 5. The first-order valence-electron chi connectivity index (χ1n) is 8.93. The summed E-state index contributed by atoms with van der Waals surface area (Å²) in [5.41, 5.74) is 0.334. The third-order valence-electron chi connectivity index (χ3n) is 5.27. The summed E-state index contributed by atoms with van der Waals surface area (Å²) in [5, 5.41) is 5.64. The molecule has 1 heterocycles. The molecule has 1 saturated heterocycles. The normalized spacial score (nSPS) is 23.3. The predicted octanol–water partition coefficient (Wildman–Crippen LogP) is 1.83. The molecule has 7 nitrogen and oxygen atoms in total. The van der Waals surface area contributed by atoms with Gasteiger partial charge in [-0.1, -0.05) is 18.9 Å². The molecule has 0 aromatic heterocycles. The number of methoxy groups -OCH3 is 1. The van der Waals surface area contributed by atoms with Crippen LogP contribution in [0.3, 0.4) is 0 Å². The number of ether oxygens (including phenoxy) is 1. The molecule has 1 atom stereocenters. The Morgan fingerprint density at radius 3 is 2.65 bits per heavy atom. The molecular weight excluding hydrogens is 334 g/mol. The highest BCUT2D eigenvalue weighted by molar-refractivity contribution is 6.09. The number of benzene rings is 1. The molecule has 2 aliphatic rings. The number of carbonyl (C=O) groups excluding carboxylic acids is 3. The molecule has 1 saturated carbocycles. The van der Waals surface area contributed by atoms with Crippen LogP contribution in [0.1, 0.15) is 43.7 Å². The summed E-state index contributed by atoms with van der Waals surface area (Å²) in [5.74, 6) is -0.00822. The zero-order chi connectivity index (χ0) is 18.9. The Labute approximate surface area is 153 Å². The highest BCUT2D eigenvalue weighted by Crippen LogP contribution is 2.31. The molecule has 0 radical (unpaired) electrons. The summed E-state index contributed by atoms with van der Waals surface area (Å²) in [6.07, 6.45) is 4.11. The highest BCUT2D eigenvalue weighted by Gasteiger charge is 2.49. The third-order valence-corrected chi connectivity index (χ3v) is 5.27. The van der Waals surface area contributed by atoms with Gasteiger partial charge in [-0.3, -0.25) is 14.5 Å². The lowest BCUT2D eigenvalue weighted by molar-refractivity contribution is -0.135. The molecule has 140 valence electrons. The molecule has 1 aromatic carbocycles. The van der Waals surface area contributed by atoms with E-state index in [4.69, 9.17) is 4.74 Å². The number of carbonyl (C=O) groups is 3. The van der Waals surface area contributed by atoms with Crippen LogP contribution in [0, 0.1) is 6.92 Å². The second-order valence-corrected chi connectivity index (χ2v) is 7.18. The topological polar surface area (TPSA) is 87.7 Å². The Balaban J connectivity index is 1.74. The van der Waals surface area contributed by atoms with Crippen molar-refractivity contribution in [2.24, 2.45) is 0 Å². The van der Waals surface area contributed by atoms with E-state index in [2.05, 4.69) is 10.6 Å². The van der Waals surface area contributed by atoms with Crippen molar-refractivity contribution in [3.8, 4) is 5.75 Å². The number of aryl methyl sites for hydroxylation is 1. The lowest BCUT2D eigenvalue weighted by Gasteiger charge is -2.23. The minimum atomic E-state index is -1.19. The van der Waals surface area contributed by atoms with Crippen LogP contribution in [0.15, 0.2) is 18.2 Å². The maximum Gasteiger partial charge on any atom is 0.325 e. The fraction of sp³-hybridized carbons (Fsp3) is 0.526. The maximum atomic E-state index is 12.9. The SMILES string of the molecule is COc1ccc(C2(C)NC(=O)N(CC(=O)NC3CCCC3)C2=O)cc1C. The van der Waals surface area contributed by atoms with E-state index >= 15 is 0 Å².